The van der Waals surface area contributed by atoms with Crippen molar-refractivity contribution in [3.8, 4) is 0 Å². The Bertz CT molecular complexity index is 402. The molecule has 1 fully saturated rings. The Labute approximate surface area is 90.1 Å². The van der Waals surface area contributed by atoms with Crippen molar-refractivity contribution in [2.24, 2.45) is 0 Å². The average molecular weight is 226 g/mol. The first kappa shape index (κ1) is 10.4. The van der Waals surface area contributed by atoms with E-state index in [1.165, 1.54) is 17.4 Å². The van der Waals surface area contributed by atoms with Crippen LogP contribution in [0.15, 0.2) is 12.4 Å². The molecule has 8 nitrogen and oxygen atoms in total. The highest BCUT2D eigenvalue weighted by Crippen LogP contribution is 2.28. The summed E-state index contributed by atoms with van der Waals surface area (Å²) < 4.78 is 0. The lowest BCUT2D eigenvalue weighted by atomic mass is 9.98. The molecule has 1 aromatic heterocycles. The predicted octanol–water partition coefficient (Wildman–Crippen LogP) is -1.08. The summed E-state index contributed by atoms with van der Waals surface area (Å²) in [7, 11) is 0. The number of hydrogen-bond acceptors (Lipinski definition) is 5. The second kappa shape index (κ2) is 3.47. The van der Waals surface area contributed by atoms with Crippen LogP contribution in [0.4, 0.5) is 0 Å². The molecule has 1 saturated heterocycles. The van der Waals surface area contributed by atoms with Crippen LogP contribution >= 0.6 is 0 Å². The Morgan fingerprint density at radius 3 is 2.50 bits per heavy atom. The molecule has 0 aromatic carbocycles. The highest BCUT2D eigenvalue weighted by atomic mass is 16.4. The fourth-order valence-electron chi connectivity index (χ4n) is 1.94. The largest absolute Gasteiger partial charge is 0.479 e. The summed E-state index contributed by atoms with van der Waals surface area (Å²) >= 11 is 0. The van der Waals surface area contributed by atoms with E-state index in [1.807, 2.05) is 0 Å². The predicted molar refractivity (Wildman–Crippen MR) is 50.3 cm³/mol. The number of rotatable bonds is 3. The second-order valence-electron chi connectivity index (χ2n) is 3.52. The van der Waals surface area contributed by atoms with Gasteiger partial charge in [-0.15, -0.1) is 5.10 Å². The molecule has 1 aromatic rings. The van der Waals surface area contributed by atoms with E-state index < -0.39 is 17.5 Å². The minimum atomic E-state index is -1.94. The summed E-state index contributed by atoms with van der Waals surface area (Å²) in [5.41, 5.74) is -1.94. The zero-order valence-electron chi connectivity index (χ0n) is 8.28. The van der Waals surface area contributed by atoms with Gasteiger partial charge in [0.05, 0.1) is 12.4 Å². The molecule has 0 amide bonds. The van der Waals surface area contributed by atoms with Gasteiger partial charge in [-0.1, -0.05) is 0 Å². The van der Waals surface area contributed by atoms with E-state index in [4.69, 9.17) is 10.2 Å². The molecule has 16 heavy (non-hydrogen) atoms. The van der Waals surface area contributed by atoms with E-state index in [1.54, 1.807) is 0 Å². The summed E-state index contributed by atoms with van der Waals surface area (Å²) in [6, 6.07) is 0. The van der Waals surface area contributed by atoms with Crippen molar-refractivity contribution >= 4 is 11.9 Å². The summed E-state index contributed by atoms with van der Waals surface area (Å²) in [5, 5.41) is 26.6. The molecule has 0 radical (unpaired) electrons. The van der Waals surface area contributed by atoms with E-state index in [-0.39, 0.29) is 6.42 Å². The monoisotopic (exact) mass is 226 g/mol. The molecule has 8 heteroatoms. The molecule has 86 valence electrons. The van der Waals surface area contributed by atoms with Gasteiger partial charge in [0.25, 0.3) is 5.54 Å². The molecule has 0 bridgehead atoms. The minimum Gasteiger partial charge on any atom is -0.479 e. The van der Waals surface area contributed by atoms with Crippen LogP contribution in [-0.4, -0.2) is 49.3 Å². The summed E-state index contributed by atoms with van der Waals surface area (Å²) in [6.07, 6.45) is 3.33. The van der Waals surface area contributed by atoms with Gasteiger partial charge in [-0.2, -0.15) is 4.79 Å². The Balaban J connectivity index is 2.45. The van der Waals surface area contributed by atoms with Crippen LogP contribution in [0.2, 0.25) is 0 Å². The van der Waals surface area contributed by atoms with Gasteiger partial charge in [0, 0.05) is 6.54 Å². The van der Waals surface area contributed by atoms with Crippen LogP contribution in [0.25, 0.3) is 0 Å². The maximum Gasteiger partial charge on any atom is 0.342 e. The van der Waals surface area contributed by atoms with Gasteiger partial charge in [0.2, 0.25) is 0 Å². The number of carboxylic acids is 2. The quantitative estimate of drug-likeness (QED) is 0.631. The number of aliphatic carboxylic acids is 2. The maximum absolute atomic E-state index is 11.2. The molecule has 2 heterocycles. The number of hydrogen-bond donors (Lipinski definition) is 2. The van der Waals surface area contributed by atoms with Crippen molar-refractivity contribution in [3.63, 3.8) is 0 Å². The summed E-state index contributed by atoms with van der Waals surface area (Å²) in [4.78, 5) is 23.5. The van der Waals surface area contributed by atoms with Crippen molar-refractivity contribution in [3.05, 3.63) is 12.4 Å². The smallest absolute Gasteiger partial charge is 0.342 e. The lowest BCUT2D eigenvalue weighted by molar-refractivity contribution is -0.157. The minimum absolute atomic E-state index is 0.0531. The second-order valence-corrected chi connectivity index (χ2v) is 3.52. The molecular formula is C8H10N4O4. The normalized spacial score (nSPS) is 18.6. The van der Waals surface area contributed by atoms with E-state index in [2.05, 4.69) is 10.3 Å². The van der Waals surface area contributed by atoms with Crippen LogP contribution in [0.1, 0.15) is 12.8 Å². The summed E-state index contributed by atoms with van der Waals surface area (Å²) in [6.45, 7) is 0.321. The van der Waals surface area contributed by atoms with Gasteiger partial charge in [-0.05, 0) is 18.1 Å². The molecule has 0 aliphatic carbocycles. The third kappa shape index (κ3) is 1.23. The van der Waals surface area contributed by atoms with Gasteiger partial charge in [-0.25, -0.2) is 9.59 Å². The Kier molecular flexibility index (Phi) is 2.26. The van der Waals surface area contributed by atoms with E-state index in [0.29, 0.717) is 13.0 Å². The number of nitrogens with zero attached hydrogens (tertiary/aromatic N) is 4. The van der Waals surface area contributed by atoms with Crippen LogP contribution < -0.4 is 5.01 Å². The number of aromatic nitrogens is 3. The summed E-state index contributed by atoms with van der Waals surface area (Å²) in [5.74, 6) is -2.76. The molecule has 2 N–H and O–H groups in total. The highest BCUT2D eigenvalue weighted by Gasteiger charge is 2.55. The SMILES string of the molecule is O=C(O)C1(C(=O)O)CCCN1n1ccnn1. The van der Waals surface area contributed by atoms with Gasteiger partial charge in [-0.3, -0.25) is 5.01 Å². The van der Waals surface area contributed by atoms with Crippen LogP contribution in [0.5, 0.6) is 0 Å². The molecule has 2 rings (SSSR count). The standard InChI is InChI=1S/C8H10N4O4/c13-6(14)8(7(15)16)2-1-4-11(8)12-5-3-9-10-12/h3,5H,1-2,4H2,(H,13,14)(H,15,16). The van der Waals surface area contributed by atoms with Crippen molar-refractivity contribution < 1.29 is 19.8 Å². The third-order valence-electron chi connectivity index (χ3n) is 2.71. The van der Waals surface area contributed by atoms with Crippen LogP contribution in [0, 0.1) is 0 Å². The number of carbonyl (C=O) groups is 2. The molecule has 1 aliphatic rings. The van der Waals surface area contributed by atoms with Crippen LogP contribution in [-0.2, 0) is 9.59 Å². The highest BCUT2D eigenvalue weighted by molar-refractivity contribution is 6.05. The van der Waals surface area contributed by atoms with Gasteiger partial charge in [0.1, 0.15) is 0 Å². The third-order valence-corrected chi connectivity index (χ3v) is 2.71. The average Bonchev–Trinajstić information content (AvgIpc) is 2.86. The maximum atomic E-state index is 11.2. The molecular weight excluding hydrogens is 216 g/mol. The van der Waals surface area contributed by atoms with E-state index in [0.717, 1.165) is 4.79 Å². The number of carboxylic acid groups (broad SMARTS) is 2. The van der Waals surface area contributed by atoms with E-state index in [9.17, 15) is 9.59 Å². The zero-order chi connectivity index (χ0) is 11.8. The van der Waals surface area contributed by atoms with Gasteiger partial charge >= 0.3 is 11.9 Å². The van der Waals surface area contributed by atoms with Crippen LogP contribution in [0.3, 0.4) is 0 Å². The lowest BCUT2D eigenvalue weighted by Gasteiger charge is -2.31. The fraction of sp³-hybridized carbons (Fsp3) is 0.500. The Morgan fingerprint density at radius 1 is 1.31 bits per heavy atom. The van der Waals surface area contributed by atoms with Crippen molar-refractivity contribution in [1.29, 1.82) is 0 Å². The first-order valence-electron chi connectivity index (χ1n) is 4.70. The van der Waals surface area contributed by atoms with Gasteiger partial charge in [0.15, 0.2) is 0 Å². The van der Waals surface area contributed by atoms with Crippen molar-refractivity contribution in [2.75, 3.05) is 11.6 Å². The zero-order valence-corrected chi connectivity index (χ0v) is 8.28. The van der Waals surface area contributed by atoms with Crippen molar-refractivity contribution in [1.82, 2.24) is 15.1 Å². The Hall–Kier alpha value is -2.12. The molecule has 0 unspecified atom stereocenters. The van der Waals surface area contributed by atoms with Crippen molar-refractivity contribution in [2.45, 2.75) is 18.4 Å². The molecule has 0 spiro atoms. The fourth-order valence-corrected chi connectivity index (χ4v) is 1.94. The Morgan fingerprint density at radius 2 is 2.00 bits per heavy atom. The molecule has 0 saturated carbocycles. The lowest BCUT2D eigenvalue weighted by Crippen LogP contribution is -2.61. The molecule has 0 atom stereocenters. The van der Waals surface area contributed by atoms with E-state index >= 15 is 0 Å². The van der Waals surface area contributed by atoms with Gasteiger partial charge < -0.3 is 10.2 Å². The molecule has 1 aliphatic heterocycles. The first-order chi connectivity index (χ1) is 7.59. The topological polar surface area (TPSA) is 109 Å². The first-order valence-corrected chi connectivity index (χ1v) is 4.70.